The molecule has 0 saturated carbocycles. The third-order valence-corrected chi connectivity index (χ3v) is 6.43. The molecule has 0 atom stereocenters. The van der Waals surface area contributed by atoms with E-state index in [-0.39, 0.29) is 0 Å². The molecule has 0 amide bonds. The van der Waals surface area contributed by atoms with Gasteiger partial charge in [0, 0.05) is 30.2 Å². The first-order valence-electron chi connectivity index (χ1n) is 8.41. The van der Waals surface area contributed by atoms with Gasteiger partial charge in [-0.1, -0.05) is 30.3 Å². The van der Waals surface area contributed by atoms with E-state index in [9.17, 15) is 8.42 Å². The topological polar surface area (TPSA) is 51.1 Å². The Morgan fingerprint density at radius 1 is 1.04 bits per heavy atom. The molecule has 4 nitrogen and oxygen atoms in total. The second-order valence-corrected chi connectivity index (χ2v) is 8.29. The van der Waals surface area contributed by atoms with Crippen molar-refractivity contribution >= 4 is 20.9 Å². The predicted octanol–water partition coefficient (Wildman–Crippen LogP) is 3.62. The summed E-state index contributed by atoms with van der Waals surface area (Å²) in [6.07, 6.45) is 0.664. The Kier molecular flexibility index (Phi) is 4.71. The molecule has 0 unspecified atom stereocenters. The second-order valence-electron chi connectivity index (χ2n) is 6.56. The Hall–Kier alpha value is -2.11. The molecule has 0 aliphatic heterocycles. The van der Waals surface area contributed by atoms with Crippen molar-refractivity contribution in [2.45, 2.75) is 32.1 Å². The van der Waals surface area contributed by atoms with Crippen molar-refractivity contribution in [2.24, 2.45) is 7.05 Å². The van der Waals surface area contributed by atoms with E-state index >= 15 is 0 Å². The molecule has 0 spiro atoms. The maximum atomic E-state index is 12.6. The van der Waals surface area contributed by atoms with Crippen molar-refractivity contribution in [3.63, 3.8) is 0 Å². The zero-order valence-electron chi connectivity index (χ0n) is 15.1. The number of benzene rings is 2. The molecule has 1 heterocycles. The van der Waals surface area contributed by atoms with Crippen LogP contribution < -0.4 is 4.72 Å². The lowest BCUT2D eigenvalue weighted by Crippen LogP contribution is -2.26. The van der Waals surface area contributed by atoms with Crippen LogP contribution in [0, 0.1) is 20.8 Å². The predicted molar refractivity (Wildman–Crippen MR) is 102 cm³/mol. The Bertz CT molecular complexity index is 1030. The van der Waals surface area contributed by atoms with Gasteiger partial charge in [0.15, 0.2) is 0 Å². The molecule has 1 N–H and O–H groups in total. The summed E-state index contributed by atoms with van der Waals surface area (Å²) in [7, 11) is -1.46. The smallest absolute Gasteiger partial charge is 0.240 e. The highest BCUT2D eigenvalue weighted by molar-refractivity contribution is 7.89. The number of rotatable bonds is 5. The lowest BCUT2D eigenvalue weighted by atomic mass is 10.1. The number of nitrogens with zero attached hydrogens (tertiary/aromatic N) is 1. The van der Waals surface area contributed by atoms with Crippen LogP contribution in [0.5, 0.6) is 0 Å². The van der Waals surface area contributed by atoms with E-state index in [1.165, 1.54) is 22.2 Å². The van der Waals surface area contributed by atoms with Gasteiger partial charge in [-0.05, 0) is 56.0 Å². The van der Waals surface area contributed by atoms with Gasteiger partial charge in [-0.3, -0.25) is 0 Å². The van der Waals surface area contributed by atoms with Crippen LogP contribution in [0.3, 0.4) is 0 Å². The summed E-state index contributed by atoms with van der Waals surface area (Å²) in [5.41, 5.74) is 5.25. The molecule has 5 heteroatoms. The van der Waals surface area contributed by atoms with Crippen molar-refractivity contribution < 1.29 is 8.42 Å². The molecule has 0 aliphatic rings. The fourth-order valence-electron chi connectivity index (χ4n) is 3.30. The van der Waals surface area contributed by atoms with Gasteiger partial charge < -0.3 is 4.57 Å². The van der Waals surface area contributed by atoms with E-state index in [1.54, 1.807) is 6.07 Å². The molecule has 1 aromatic heterocycles. The van der Waals surface area contributed by atoms with Gasteiger partial charge in [-0.2, -0.15) is 0 Å². The minimum absolute atomic E-state index is 0.363. The van der Waals surface area contributed by atoms with Gasteiger partial charge in [0.1, 0.15) is 0 Å². The van der Waals surface area contributed by atoms with Crippen LogP contribution in [0.15, 0.2) is 47.4 Å². The Morgan fingerprint density at radius 2 is 1.76 bits per heavy atom. The Morgan fingerprint density at radius 3 is 2.52 bits per heavy atom. The SMILES string of the molecule is Cc1ccc(C)c(S(=O)(=O)NCCc2c(C)n(C)c3ccccc23)c1. The molecule has 0 fully saturated rings. The zero-order chi connectivity index (χ0) is 18.2. The number of aromatic nitrogens is 1. The number of para-hydroxylation sites is 1. The van der Waals surface area contributed by atoms with Crippen LogP contribution in [0.4, 0.5) is 0 Å². The zero-order valence-corrected chi connectivity index (χ0v) is 15.9. The fourth-order valence-corrected chi connectivity index (χ4v) is 4.66. The summed E-state index contributed by atoms with van der Waals surface area (Å²) in [5.74, 6) is 0. The van der Waals surface area contributed by atoms with Crippen LogP contribution in [-0.4, -0.2) is 19.5 Å². The Labute approximate surface area is 149 Å². The molecule has 2 aromatic carbocycles. The number of hydrogen-bond acceptors (Lipinski definition) is 2. The highest BCUT2D eigenvalue weighted by Gasteiger charge is 2.17. The van der Waals surface area contributed by atoms with E-state index in [4.69, 9.17) is 0 Å². The average molecular weight is 356 g/mol. The lowest BCUT2D eigenvalue weighted by molar-refractivity contribution is 0.581. The largest absolute Gasteiger partial charge is 0.348 e. The minimum Gasteiger partial charge on any atom is -0.348 e. The summed E-state index contributed by atoms with van der Waals surface area (Å²) in [6, 6.07) is 13.7. The van der Waals surface area contributed by atoms with Crippen molar-refractivity contribution in [1.29, 1.82) is 0 Å². The average Bonchev–Trinajstić information content (AvgIpc) is 2.82. The van der Waals surface area contributed by atoms with Crippen molar-refractivity contribution in [3.05, 3.63) is 64.8 Å². The number of aryl methyl sites for hydroxylation is 3. The van der Waals surface area contributed by atoms with Crippen LogP contribution in [0.25, 0.3) is 10.9 Å². The van der Waals surface area contributed by atoms with Gasteiger partial charge in [0.2, 0.25) is 10.0 Å². The summed E-state index contributed by atoms with van der Waals surface area (Å²) in [6.45, 7) is 6.18. The van der Waals surface area contributed by atoms with Gasteiger partial charge in [0.05, 0.1) is 4.90 Å². The van der Waals surface area contributed by atoms with Crippen LogP contribution in [0.2, 0.25) is 0 Å². The van der Waals surface area contributed by atoms with E-state index in [0.717, 1.165) is 11.1 Å². The molecular weight excluding hydrogens is 332 g/mol. The van der Waals surface area contributed by atoms with Crippen molar-refractivity contribution in [3.8, 4) is 0 Å². The minimum atomic E-state index is -3.50. The third kappa shape index (κ3) is 3.34. The highest BCUT2D eigenvalue weighted by atomic mass is 32.2. The molecule has 0 bridgehead atoms. The normalized spacial score (nSPS) is 12.0. The summed E-state index contributed by atoms with van der Waals surface area (Å²) >= 11 is 0. The fraction of sp³-hybridized carbons (Fsp3) is 0.300. The first-order chi connectivity index (χ1) is 11.8. The summed E-state index contributed by atoms with van der Waals surface area (Å²) < 4.78 is 30.2. The first kappa shape index (κ1) is 17.7. The monoisotopic (exact) mass is 356 g/mol. The van der Waals surface area contributed by atoms with Crippen molar-refractivity contribution in [1.82, 2.24) is 9.29 Å². The van der Waals surface area contributed by atoms with Crippen LogP contribution >= 0.6 is 0 Å². The number of fused-ring (bicyclic) bond motifs is 1. The van der Waals surface area contributed by atoms with Gasteiger partial charge in [0.25, 0.3) is 0 Å². The standard InChI is InChI=1S/C20H24N2O2S/c1-14-9-10-15(2)20(13-14)25(23,24)21-12-11-17-16(3)22(4)19-8-6-5-7-18(17)19/h5-10,13,21H,11-12H2,1-4H3. The summed E-state index contributed by atoms with van der Waals surface area (Å²) in [5, 5.41) is 1.19. The van der Waals surface area contributed by atoms with E-state index in [1.807, 2.05) is 45.2 Å². The number of nitrogens with one attached hydrogen (secondary N) is 1. The molecule has 3 rings (SSSR count). The van der Waals surface area contributed by atoms with Crippen LogP contribution in [-0.2, 0) is 23.5 Å². The molecule has 25 heavy (non-hydrogen) atoms. The molecule has 0 radical (unpaired) electrons. The van der Waals surface area contributed by atoms with Crippen LogP contribution in [0.1, 0.15) is 22.4 Å². The van der Waals surface area contributed by atoms with E-state index in [2.05, 4.69) is 28.3 Å². The molecule has 132 valence electrons. The highest BCUT2D eigenvalue weighted by Crippen LogP contribution is 2.25. The maximum absolute atomic E-state index is 12.6. The third-order valence-electron chi connectivity index (χ3n) is 4.83. The quantitative estimate of drug-likeness (QED) is 0.759. The van der Waals surface area contributed by atoms with Crippen molar-refractivity contribution in [2.75, 3.05) is 6.54 Å². The Balaban J connectivity index is 1.82. The maximum Gasteiger partial charge on any atom is 0.240 e. The lowest BCUT2D eigenvalue weighted by Gasteiger charge is -2.10. The van der Waals surface area contributed by atoms with E-state index < -0.39 is 10.0 Å². The number of hydrogen-bond donors (Lipinski definition) is 1. The first-order valence-corrected chi connectivity index (χ1v) is 9.89. The molecule has 0 aliphatic carbocycles. The molecule has 0 saturated heterocycles. The van der Waals surface area contributed by atoms with Gasteiger partial charge in [-0.25, -0.2) is 13.1 Å². The molecule has 3 aromatic rings. The van der Waals surface area contributed by atoms with E-state index in [0.29, 0.717) is 17.9 Å². The van der Waals surface area contributed by atoms with Gasteiger partial charge >= 0.3 is 0 Å². The second kappa shape index (κ2) is 6.65. The molecular formula is C20H24N2O2S. The number of sulfonamides is 1. The van der Waals surface area contributed by atoms with Gasteiger partial charge in [-0.15, -0.1) is 0 Å². The summed E-state index contributed by atoms with van der Waals surface area (Å²) in [4.78, 5) is 0.363.